The molecule has 0 spiro atoms. The predicted molar refractivity (Wildman–Crippen MR) is 58.1 cm³/mol. The lowest BCUT2D eigenvalue weighted by Crippen LogP contribution is -2.14. The van der Waals surface area contributed by atoms with E-state index in [1.807, 2.05) is 6.26 Å². The zero-order chi connectivity index (χ0) is 10.6. The number of benzene rings is 1. The molecule has 1 amide bonds. The molecule has 14 heavy (non-hydrogen) atoms. The fourth-order valence-corrected chi connectivity index (χ4v) is 1.37. The van der Waals surface area contributed by atoms with Gasteiger partial charge in [0.15, 0.2) is 0 Å². The van der Waals surface area contributed by atoms with Crippen molar-refractivity contribution in [1.82, 2.24) is 0 Å². The second kappa shape index (κ2) is 5.00. The first-order chi connectivity index (χ1) is 6.63. The molecule has 0 aromatic heterocycles. The lowest BCUT2D eigenvalue weighted by molar-refractivity contribution is -0.113. The third-order valence-corrected chi connectivity index (χ3v) is 2.22. The number of halogens is 1. The average molecular weight is 213 g/mol. The van der Waals surface area contributed by atoms with E-state index in [1.165, 1.54) is 17.8 Å². The molecule has 0 bridgehead atoms. The number of carbonyl (C=O) groups is 1. The molecule has 0 aliphatic heterocycles. The van der Waals surface area contributed by atoms with Crippen molar-refractivity contribution < 1.29 is 9.18 Å². The summed E-state index contributed by atoms with van der Waals surface area (Å²) in [6, 6.07) is 4.73. The molecule has 0 fully saturated rings. The highest BCUT2D eigenvalue weighted by molar-refractivity contribution is 7.99. The molecule has 2 nitrogen and oxygen atoms in total. The van der Waals surface area contributed by atoms with Gasteiger partial charge < -0.3 is 5.32 Å². The minimum atomic E-state index is -0.389. The van der Waals surface area contributed by atoms with Crippen LogP contribution in [0.3, 0.4) is 0 Å². The van der Waals surface area contributed by atoms with Gasteiger partial charge in [0.2, 0.25) is 5.91 Å². The average Bonchev–Trinajstić information content (AvgIpc) is 2.10. The molecule has 76 valence electrons. The Balaban J connectivity index is 2.72. The van der Waals surface area contributed by atoms with Gasteiger partial charge in [-0.15, -0.1) is 0 Å². The Hall–Kier alpha value is -1.03. The first-order valence-corrected chi connectivity index (χ1v) is 5.58. The number of amides is 1. The lowest BCUT2D eigenvalue weighted by Gasteiger charge is -2.05. The summed E-state index contributed by atoms with van der Waals surface area (Å²) < 4.78 is 13.2. The number of anilines is 1. The van der Waals surface area contributed by atoms with Crippen molar-refractivity contribution in [2.45, 2.75) is 6.92 Å². The van der Waals surface area contributed by atoms with Crippen LogP contribution in [0.4, 0.5) is 10.1 Å². The van der Waals surface area contributed by atoms with Crippen molar-refractivity contribution in [2.24, 2.45) is 0 Å². The van der Waals surface area contributed by atoms with Gasteiger partial charge >= 0.3 is 0 Å². The molecule has 0 radical (unpaired) electrons. The van der Waals surface area contributed by atoms with Crippen molar-refractivity contribution in [3.8, 4) is 0 Å². The molecule has 0 unspecified atom stereocenters. The Morgan fingerprint density at radius 1 is 1.57 bits per heavy atom. The van der Waals surface area contributed by atoms with Crippen LogP contribution in [0.5, 0.6) is 0 Å². The van der Waals surface area contributed by atoms with Gasteiger partial charge in [-0.25, -0.2) is 4.39 Å². The molecule has 0 saturated heterocycles. The van der Waals surface area contributed by atoms with Gasteiger partial charge in [0.05, 0.1) is 11.4 Å². The minimum absolute atomic E-state index is 0.180. The maximum atomic E-state index is 13.2. The van der Waals surface area contributed by atoms with E-state index in [1.54, 1.807) is 19.1 Å². The molecule has 1 aromatic rings. The van der Waals surface area contributed by atoms with Crippen LogP contribution in [0.15, 0.2) is 18.2 Å². The second-order valence-corrected chi connectivity index (χ2v) is 3.83. The quantitative estimate of drug-likeness (QED) is 0.835. The summed E-state index contributed by atoms with van der Waals surface area (Å²) >= 11 is 1.40. The van der Waals surface area contributed by atoms with Crippen molar-refractivity contribution in [3.05, 3.63) is 29.6 Å². The predicted octanol–water partition coefficient (Wildman–Crippen LogP) is 2.44. The van der Waals surface area contributed by atoms with Crippen LogP contribution in [0.25, 0.3) is 0 Å². The number of carbonyl (C=O) groups excluding carboxylic acids is 1. The SMILES string of the molecule is CSCC(=O)Nc1ccc(C)cc1F. The molecule has 0 aliphatic rings. The van der Waals surface area contributed by atoms with E-state index < -0.39 is 0 Å². The highest BCUT2D eigenvalue weighted by Gasteiger charge is 2.05. The molecule has 0 heterocycles. The van der Waals surface area contributed by atoms with E-state index in [-0.39, 0.29) is 17.4 Å². The molecule has 1 aromatic carbocycles. The number of hydrogen-bond acceptors (Lipinski definition) is 2. The Kier molecular flexibility index (Phi) is 3.95. The van der Waals surface area contributed by atoms with Gasteiger partial charge in [-0.1, -0.05) is 6.07 Å². The normalized spacial score (nSPS) is 9.93. The van der Waals surface area contributed by atoms with E-state index in [9.17, 15) is 9.18 Å². The van der Waals surface area contributed by atoms with Crippen LogP contribution in [-0.2, 0) is 4.79 Å². The zero-order valence-electron chi connectivity index (χ0n) is 8.13. The first-order valence-electron chi connectivity index (χ1n) is 4.18. The van der Waals surface area contributed by atoms with Crippen LogP contribution in [0.1, 0.15) is 5.56 Å². The van der Waals surface area contributed by atoms with E-state index in [2.05, 4.69) is 5.32 Å². The molecule has 1 N–H and O–H groups in total. The summed E-state index contributed by atoms with van der Waals surface area (Å²) in [7, 11) is 0. The monoisotopic (exact) mass is 213 g/mol. The summed E-state index contributed by atoms with van der Waals surface area (Å²) in [5.41, 5.74) is 1.08. The second-order valence-electron chi connectivity index (χ2n) is 2.96. The zero-order valence-corrected chi connectivity index (χ0v) is 8.95. The Morgan fingerprint density at radius 3 is 2.86 bits per heavy atom. The molecule has 0 atom stereocenters. The van der Waals surface area contributed by atoms with E-state index in [0.29, 0.717) is 5.75 Å². The fraction of sp³-hybridized carbons (Fsp3) is 0.300. The van der Waals surface area contributed by atoms with Gasteiger partial charge in [-0.3, -0.25) is 4.79 Å². The summed E-state index contributed by atoms with van der Waals surface area (Å²) in [6.07, 6.45) is 1.82. The van der Waals surface area contributed by atoms with Crippen LogP contribution in [-0.4, -0.2) is 17.9 Å². The highest BCUT2D eigenvalue weighted by atomic mass is 32.2. The molecule has 1 rings (SSSR count). The van der Waals surface area contributed by atoms with Crippen molar-refractivity contribution >= 4 is 23.4 Å². The Bertz CT molecular complexity index is 341. The van der Waals surface area contributed by atoms with Crippen LogP contribution >= 0.6 is 11.8 Å². The number of rotatable bonds is 3. The van der Waals surface area contributed by atoms with E-state index in [0.717, 1.165) is 5.56 Å². The lowest BCUT2D eigenvalue weighted by atomic mass is 10.2. The van der Waals surface area contributed by atoms with Crippen molar-refractivity contribution in [3.63, 3.8) is 0 Å². The van der Waals surface area contributed by atoms with Gasteiger partial charge in [0.25, 0.3) is 0 Å². The molecule has 0 aliphatic carbocycles. The standard InChI is InChI=1S/C10H12FNOS/c1-7-3-4-9(8(11)5-7)12-10(13)6-14-2/h3-5H,6H2,1-2H3,(H,12,13). The summed E-state index contributed by atoms with van der Waals surface area (Å²) in [4.78, 5) is 11.2. The maximum absolute atomic E-state index is 13.2. The van der Waals surface area contributed by atoms with Gasteiger partial charge in [-0.05, 0) is 30.9 Å². The molecular weight excluding hydrogens is 201 g/mol. The number of aryl methyl sites for hydroxylation is 1. The van der Waals surface area contributed by atoms with Crippen LogP contribution < -0.4 is 5.32 Å². The van der Waals surface area contributed by atoms with Gasteiger partial charge in [0.1, 0.15) is 5.82 Å². The third-order valence-electron chi connectivity index (χ3n) is 1.67. The Labute approximate surface area is 86.9 Å². The van der Waals surface area contributed by atoms with Crippen molar-refractivity contribution in [2.75, 3.05) is 17.3 Å². The Morgan fingerprint density at radius 2 is 2.29 bits per heavy atom. The van der Waals surface area contributed by atoms with Crippen molar-refractivity contribution in [1.29, 1.82) is 0 Å². The summed E-state index contributed by atoms with van der Waals surface area (Å²) in [6.45, 7) is 1.80. The first kappa shape index (κ1) is 11.0. The number of hydrogen-bond donors (Lipinski definition) is 1. The number of thioether (sulfide) groups is 1. The largest absolute Gasteiger partial charge is 0.323 e. The smallest absolute Gasteiger partial charge is 0.234 e. The third kappa shape index (κ3) is 3.03. The fourth-order valence-electron chi connectivity index (χ4n) is 1.04. The summed E-state index contributed by atoms with van der Waals surface area (Å²) in [5.74, 6) is -0.229. The van der Waals surface area contributed by atoms with Crippen LogP contribution in [0.2, 0.25) is 0 Å². The number of nitrogens with one attached hydrogen (secondary N) is 1. The van der Waals surface area contributed by atoms with Gasteiger partial charge in [-0.2, -0.15) is 11.8 Å². The van der Waals surface area contributed by atoms with Crippen LogP contribution in [0, 0.1) is 12.7 Å². The van der Waals surface area contributed by atoms with E-state index >= 15 is 0 Å². The minimum Gasteiger partial charge on any atom is -0.323 e. The summed E-state index contributed by atoms with van der Waals surface area (Å²) in [5, 5.41) is 2.50. The molecular formula is C10H12FNOS. The maximum Gasteiger partial charge on any atom is 0.234 e. The highest BCUT2D eigenvalue weighted by Crippen LogP contribution is 2.15. The molecule has 0 saturated carbocycles. The van der Waals surface area contributed by atoms with Gasteiger partial charge in [0, 0.05) is 0 Å². The molecule has 4 heteroatoms. The topological polar surface area (TPSA) is 29.1 Å². The van der Waals surface area contributed by atoms with E-state index in [4.69, 9.17) is 0 Å².